The normalized spacial score (nSPS) is 14.0. The molecule has 33 heavy (non-hydrogen) atoms. The van der Waals surface area contributed by atoms with Gasteiger partial charge in [-0.05, 0) is 82.1 Å². The number of carbonyl (C=O) groups excluding carboxylic acids is 1. The Bertz CT molecular complexity index is 1170. The van der Waals surface area contributed by atoms with Gasteiger partial charge in [-0.2, -0.15) is 10.2 Å². The van der Waals surface area contributed by atoms with E-state index in [-0.39, 0.29) is 6.09 Å². The van der Waals surface area contributed by atoms with Crippen molar-refractivity contribution >= 4 is 29.1 Å². The van der Waals surface area contributed by atoms with Gasteiger partial charge in [-0.15, -0.1) is 0 Å². The van der Waals surface area contributed by atoms with Crippen LogP contribution in [0.25, 0.3) is 11.3 Å². The SMILES string of the molecule is Cc1ccc(-c2ccc3c(c2)CN(C(=O)OC(C)(C)C)CCN3c2cccc(Cl)c2C)nn1. The second kappa shape index (κ2) is 9.02. The molecule has 0 fully saturated rings. The Morgan fingerprint density at radius 3 is 2.48 bits per heavy atom. The number of ether oxygens (including phenoxy) is 1. The van der Waals surface area contributed by atoms with Gasteiger partial charge in [0.05, 0.1) is 17.9 Å². The van der Waals surface area contributed by atoms with Gasteiger partial charge in [0.1, 0.15) is 5.60 Å². The van der Waals surface area contributed by atoms with Crippen LogP contribution in [0.4, 0.5) is 16.2 Å². The molecular formula is C26H29ClN4O2. The maximum Gasteiger partial charge on any atom is 0.410 e. The van der Waals surface area contributed by atoms with Crippen molar-refractivity contribution in [3.8, 4) is 11.3 Å². The van der Waals surface area contributed by atoms with Gasteiger partial charge in [-0.1, -0.05) is 23.7 Å². The number of aromatic nitrogens is 2. The van der Waals surface area contributed by atoms with Crippen molar-refractivity contribution in [1.29, 1.82) is 0 Å². The number of aryl methyl sites for hydroxylation is 1. The molecule has 0 saturated carbocycles. The fourth-order valence-corrected chi connectivity index (χ4v) is 4.10. The number of hydrogen-bond acceptors (Lipinski definition) is 5. The first-order valence-corrected chi connectivity index (χ1v) is 11.4. The minimum atomic E-state index is -0.561. The molecule has 1 aromatic heterocycles. The first kappa shape index (κ1) is 23.1. The molecule has 2 aromatic carbocycles. The second-order valence-electron chi connectivity index (χ2n) is 9.34. The zero-order valence-corrected chi connectivity index (χ0v) is 20.5. The van der Waals surface area contributed by atoms with Gasteiger partial charge in [0.25, 0.3) is 0 Å². The van der Waals surface area contributed by atoms with Gasteiger partial charge in [0.2, 0.25) is 0 Å². The van der Waals surface area contributed by atoms with Crippen molar-refractivity contribution in [2.45, 2.75) is 46.8 Å². The number of carbonyl (C=O) groups is 1. The Morgan fingerprint density at radius 1 is 1.00 bits per heavy atom. The van der Waals surface area contributed by atoms with Crippen molar-refractivity contribution < 1.29 is 9.53 Å². The number of fused-ring (bicyclic) bond motifs is 1. The number of hydrogen-bond donors (Lipinski definition) is 0. The summed E-state index contributed by atoms with van der Waals surface area (Å²) < 4.78 is 5.68. The van der Waals surface area contributed by atoms with Crippen molar-refractivity contribution in [3.05, 3.63) is 70.4 Å². The standard InChI is InChI=1S/C26H29ClN4O2/c1-17-9-11-22(29-28-17)19-10-12-24-20(15-19)16-30(25(32)33-26(3,4)5)13-14-31(24)23-8-6-7-21(27)18(23)2/h6-12,15H,13-14,16H2,1-5H3. The third-order valence-electron chi connectivity index (χ3n) is 5.60. The minimum Gasteiger partial charge on any atom is -0.444 e. The summed E-state index contributed by atoms with van der Waals surface area (Å²) >= 11 is 6.44. The minimum absolute atomic E-state index is 0.321. The van der Waals surface area contributed by atoms with Gasteiger partial charge in [0.15, 0.2) is 0 Å². The summed E-state index contributed by atoms with van der Waals surface area (Å²) in [5.41, 5.74) is 6.13. The average Bonchev–Trinajstić information content (AvgIpc) is 2.94. The van der Waals surface area contributed by atoms with Crippen LogP contribution in [0.5, 0.6) is 0 Å². The summed E-state index contributed by atoms with van der Waals surface area (Å²) in [5.74, 6) is 0. The Labute approximate surface area is 200 Å². The van der Waals surface area contributed by atoms with Gasteiger partial charge >= 0.3 is 6.09 Å². The van der Waals surface area contributed by atoms with E-state index in [2.05, 4.69) is 33.3 Å². The van der Waals surface area contributed by atoms with E-state index in [9.17, 15) is 4.79 Å². The van der Waals surface area contributed by atoms with Crippen molar-refractivity contribution in [3.63, 3.8) is 0 Å². The van der Waals surface area contributed by atoms with E-state index in [4.69, 9.17) is 16.3 Å². The Hall–Kier alpha value is -3.12. The van der Waals surface area contributed by atoms with Crippen LogP contribution in [-0.4, -0.2) is 39.9 Å². The number of amides is 1. The molecule has 0 bridgehead atoms. The quantitative estimate of drug-likeness (QED) is 0.445. The summed E-state index contributed by atoms with van der Waals surface area (Å²) in [6, 6.07) is 16.0. The molecule has 0 unspecified atom stereocenters. The smallest absolute Gasteiger partial charge is 0.410 e. The summed E-state index contributed by atoms with van der Waals surface area (Å²) in [4.78, 5) is 17.0. The van der Waals surface area contributed by atoms with Crippen molar-refractivity contribution in [1.82, 2.24) is 15.1 Å². The Kier molecular flexibility index (Phi) is 6.30. The summed E-state index contributed by atoms with van der Waals surface area (Å²) in [5, 5.41) is 9.25. The van der Waals surface area contributed by atoms with E-state index in [1.807, 2.05) is 65.0 Å². The number of rotatable bonds is 2. The van der Waals surface area contributed by atoms with Gasteiger partial charge in [0, 0.05) is 35.1 Å². The zero-order valence-electron chi connectivity index (χ0n) is 19.7. The van der Waals surface area contributed by atoms with Crippen LogP contribution < -0.4 is 4.90 Å². The Morgan fingerprint density at radius 2 is 1.79 bits per heavy atom. The van der Waals surface area contributed by atoms with Crippen molar-refractivity contribution in [2.75, 3.05) is 18.0 Å². The van der Waals surface area contributed by atoms with Gasteiger partial charge < -0.3 is 14.5 Å². The van der Waals surface area contributed by atoms with Crippen LogP contribution >= 0.6 is 11.6 Å². The predicted octanol–water partition coefficient (Wildman–Crippen LogP) is 6.30. The highest BCUT2D eigenvalue weighted by Crippen LogP contribution is 2.37. The van der Waals surface area contributed by atoms with Crippen LogP contribution in [0.2, 0.25) is 5.02 Å². The fourth-order valence-electron chi connectivity index (χ4n) is 3.93. The lowest BCUT2D eigenvalue weighted by Gasteiger charge is -2.28. The Balaban J connectivity index is 1.78. The highest BCUT2D eigenvalue weighted by atomic mass is 35.5. The maximum absolute atomic E-state index is 13.0. The number of nitrogens with zero attached hydrogens (tertiary/aromatic N) is 4. The summed E-state index contributed by atoms with van der Waals surface area (Å²) in [7, 11) is 0. The largest absolute Gasteiger partial charge is 0.444 e. The number of halogens is 1. The van der Waals surface area contributed by atoms with E-state index in [1.54, 1.807) is 4.90 Å². The molecule has 0 atom stereocenters. The molecule has 7 heteroatoms. The molecule has 4 rings (SSSR count). The molecule has 1 aliphatic rings. The fraction of sp³-hybridized carbons (Fsp3) is 0.346. The molecule has 172 valence electrons. The molecule has 2 heterocycles. The predicted molar refractivity (Wildman–Crippen MR) is 132 cm³/mol. The van der Waals surface area contributed by atoms with Gasteiger partial charge in [-0.3, -0.25) is 0 Å². The van der Waals surface area contributed by atoms with Crippen LogP contribution in [0, 0.1) is 13.8 Å². The number of benzene rings is 2. The summed E-state index contributed by atoms with van der Waals surface area (Å²) in [6.45, 7) is 11.2. The van der Waals surface area contributed by atoms with E-state index in [0.717, 1.165) is 39.5 Å². The lowest BCUT2D eigenvalue weighted by atomic mass is 10.0. The summed E-state index contributed by atoms with van der Waals surface area (Å²) in [6.07, 6.45) is -0.321. The molecule has 1 aliphatic heterocycles. The third kappa shape index (κ3) is 5.11. The highest BCUT2D eigenvalue weighted by molar-refractivity contribution is 6.31. The molecule has 1 amide bonds. The van der Waals surface area contributed by atoms with E-state index in [1.165, 1.54) is 0 Å². The van der Waals surface area contributed by atoms with Gasteiger partial charge in [-0.25, -0.2) is 4.79 Å². The monoisotopic (exact) mass is 464 g/mol. The first-order valence-electron chi connectivity index (χ1n) is 11.1. The second-order valence-corrected chi connectivity index (χ2v) is 9.75. The van der Waals surface area contributed by atoms with Crippen LogP contribution in [0.15, 0.2) is 48.5 Å². The third-order valence-corrected chi connectivity index (χ3v) is 6.01. The highest BCUT2D eigenvalue weighted by Gasteiger charge is 2.28. The first-order chi connectivity index (χ1) is 15.6. The molecule has 0 spiro atoms. The maximum atomic E-state index is 13.0. The lowest BCUT2D eigenvalue weighted by Crippen LogP contribution is -2.38. The van der Waals surface area contributed by atoms with Crippen molar-refractivity contribution in [2.24, 2.45) is 0 Å². The topological polar surface area (TPSA) is 58.6 Å². The van der Waals surface area contributed by atoms with Crippen LogP contribution in [0.1, 0.15) is 37.6 Å². The average molecular weight is 465 g/mol. The molecular weight excluding hydrogens is 436 g/mol. The molecule has 0 saturated heterocycles. The van der Waals surface area contributed by atoms with Crippen LogP contribution in [-0.2, 0) is 11.3 Å². The molecule has 0 aliphatic carbocycles. The van der Waals surface area contributed by atoms with Crippen LogP contribution in [0.3, 0.4) is 0 Å². The zero-order chi connectivity index (χ0) is 23.8. The molecule has 3 aromatic rings. The van der Waals surface area contributed by atoms with E-state index < -0.39 is 5.60 Å². The molecule has 0 N–H and O–H groups in total. The molecule has 6 nitrogen and oxygen atoms in total. The number of anilines is 2. The molecule has 0 radical (unpaired) electrons. The van der Waals surface area contributed by atoms with E-state index in [0.29, 0.717) is 24.7 Å². The van der Waals surface area contributed by atoms with E-state index >= 15 is 0 Å². The lowest BCUT2D eigenvalue weighted by molar-refractivity contribution is 0.0244.